The molecule has 0 aromatic heterocycles. The minimum Gasteiger partial charge on any atom is -0.490 e. The fourth-order valence-corrected chi connectivity index (χ4v) is 6.82. The number of fused-ring (bicyclic) bond motifs is 6. The van der Waals surface area contributed by atoms with E-state index in [1.807, 2.05) is 6.08 Å². The second kappa shape index (κ2) is 17.7. The standard InChI is InChI=1S/C44H58O4/c1-7-13-19-33-35-25-31-27-39(45-21-15-9-3)40(46-22-16-10-4)28-32(31)26-37(35)43-34(20-14-8-2)36-29-41(47-23-17-11-5)42(48-24-18-12-6)30-38(36)44(33)43/h7,25-30H,1,8-24H2,2-6H3. The molecule has 0 N–H and O–H groups in total. The number of unbranched alkanes of at least 4 members (excludes halogenated alkanes) is 5. The molecule has 0 fully saturated rings. The second-order valence-electron chi connectivity index (χ2n) is 13.3. The van der Waals surface area contributed by atoms with Gasteiger partial charge in [0.1, 0.15) is 0 Å². The molecule has 48 heavy (non-hydrogen) atoms. The van der Waals surface area contributed by atoms with Crippen LogP contribution in [0.4, 0.5) is 0 Å². The smallest absolute Gasteiger partial charge is 0.161 e. The maximum atomic E-state index is 6.45. The molecule has 0 saturated carbocycles. The van der Waals surface area contributed by atoms with E-state index in [1.165, 1.54) is 55.3 Å². The third-order valence-corrected chi connectivity index (χ3v) is 9.57. The van der Waals surface area contributed by atoms with Gasteiger partial charge in [-0.05, 0) is 143 Å². The van der Waals surface area contributed by atoms with Crippen molar-refractivity contribution in [1.82, 2.24) is 0 Å². The molecule has 0 spiro atoms. The van der Waals surface area contributed by atoms with Crippen LogP contribution in [0, 0.1) is 0 Å². The summed E-state index contributed by atoms with van der Waals surface area (Å²) in [5.41, 5.74) is 10.9. The van der Waals surface area contributed by atoms with E-state index in [4.69, 9.17) is 18.9 Å². The molecule has 0 heterocycles. The number of hydrogen-bond acceptors (Lipinski definition) is 4. The summed E-state index contributed by atoms with van der Waals surface area (Å²) in [6.07, 6.45) is 15.8. The summed E-state index contributed by atoms with van der Waals surface area (Å²) in [5.74, 6) is 3.45. The van der Waals surface area contributed by atoms with Gasteiger partial charge < -0.3 is 18.9 Å². The number of ether oxygens (including phenoxy) is 4. The highest BCUT2D eigenvalue weighted by molar-refractivity contribution is 6.32. The fourth-order valence-electron chi connectivity index (χ4n) is 6.82. The molecule has 5 rings (SSSR count). The van der Waals surface area contributed by atoms with Gasteiger partial charge in [-0.3, -0.25) is 0 Å². The summed E-state index contributed by atoms with van der Waals surface area (Å²) < 4.78 is 25.5. The van der Waals surface area contributed by atoms with E-state index in [9.17, 15) is 0 Å². The van der Waals surface area contributed by atoms with Crippen LogP contribution >= 0.6 is 0 Å². The Labute approximate surface area is 290 Å². The summed E-state index contributed by atoms with van der Waals surface area (Å²) in [4.78, 5) is 0. The first kappa shape index (κ1) is 35.6. The first-order valence-electron chi connectivity index (χ1n) is 19.0. The Morgan fingerprint density at radius 3 is 1.29 bits per heavy atom. The Morgan fingerprint density at radius 1 is 0.458 bits per heavy atom. The SMILES string of the molecule is C=CCCC1=C2C(=C(CCCC)c3cc(OCCCC)c(OCCCC)cc32)c2cc3cc(OCCCC)c(OCCCC)cc3cc21. The van der Waals surface area contributed by atoms with Crippen LogP contribution in [0.25, 0.3) is 33.1 Å². The Hall–Kier alpha value is -3.66. The van der Waals surface area contributed by atoms with Crippen LogP contribution in [0.3, 0.4) is 0 Å². The molecule has 0 unspecified atom stereocenters. The van der Waals surface area contributed by atoms with Crippen molar-refractivity contribution in [3.63, 3.8) is 0 Å². The highest BCUT2D eigenvalue weighted by Crippen LogP contribution is 2.59. The predicted octanol–water partition coefficient (Wildman–Crippen LogP) is 12.9. The second-order valence-corrected chi connectivity index (χ2v) is 13.3. The third-order valence-electron chi connectivity index (χ3n) is 9.57. The normalized spacial score (nSPS) is 13.2. The molecule has 3 aromatic carbocycles. The topological polar surface area (TPSA) is 36.9 Å². The average molecular weight is 651 g/mol. The monoisotopic (exact) mass is 650 g/mol. The van der Waals surface area contributed by atoms with Crippen LogP contribution in [-0.4, -0.2) is 26.4 Å². The molecule has 258 valence electrons. The van der Waals surface area contributed by atoms with Crippen LogP contribution in [0.5, 0.6) is 23.0 Å². The number of rotatable bonds is 22. The molecular formula is C44H58O4. The molecule has 2 aliphatic carbocycles. The Kier molecular flexibility index (Phi) is 13.1. The van der Waals surface area contributed by atoms with Crippen molar-refractivity contribution in [1.29, 1.82) is 0 Å². The quantitative estimate of drug-likeness (QED) is 0.0801. The summed E-state index contributed by atoms with van der Waals surface area (Å²) in [7, 11) is 0. The van der Waals surface area contributed by atoms with E-state index in [2.05, 4.69) is 77.6 Å². The molecule has 4 nitrogen and oxygen atoms in total. The number of benzene rings is 3. The van der Waals surface area contributed by atoms with Gasteiger partial charge in [0.25, 0.3) is 0 Å². The van der Waals surface area contributed by atoms with Gasteiger partial charge in [-0.2, -0.15) is 0 Å². The van der Waals surface area contributed by atoms with E-state index in [-0.39, 0.29) is 0 Å². The van der Waals surface area contributed by atoms with E-state index >= 15 is 0 Å². The summed E-state index contributed by atoms with van der Waals surface area (Å²) in [6, 6.07) is 13.8. The first-order chi connectivity index (χ1) is 23.6. The molecule has 0 aliphatic heterocycles. The molecular weight excluding hydrogens is 592 g/mol. The lowest BCUT2D eigenvalue weighted by Gasteiger charge is -2.18. The maximum Gasteiger partial charge on any atom is 0.161 e. The van der Waals surface area contributed by atoms with E-state index in [0.717, 1.165) is 106 Å². The van der Waals surface area contributed by atoms with Crippen molar-refractivity contribution in [2.45, 2.75) is 118 Å². The van der Waals surface area contributed by atoms with Crippen molar-refractivity contribution in [3.05, 3.63) is 71.3 Å². The Morgan fingerprint density at radius 2 is 0.833 bits per heavy atom. The van der Waals surface area contributed by atoms with Crippen molar-refractivity contribution in [2.24, 2.45) is 0 Å². The Bertz CT molecular complexity index is 1620. The average Bonchev–Trinajstić information content (AvgIpc) is 3.56. The minimum atomic E-state index is 0.696. The highest BCUT2D eigenvalue weighted by atomic mass is 16.5. The van der Waals surface area contributed by atoms with E-state index < -0.39 is 0 Å². The van der Waals surface area contributed by atoms with Crippen LogP contribution in [-0.2, 0) is 0 Å². The van der Waals surface area contributed by atoms with E-state index in [0.29, 0.717) is 26.4 Å². The molecule has 3 aromatic rings. The highest BCUT2D eigenvalue weighted by Gasteiger charge is 2.37. The van der Waals surface area contributed by atoms with Gasteiger partial charge in [0.05, 0.1) is 26.4 Å². The maximum absolute atomic E-state index is 6.45. The van der Waals surface area contributed by atoms with Gasteiger partial charge in [-0.1, -0.05) is 72.8 Å². The minimum absolute atomic E-state index is 0.696. The van der Waals surface area contributed by atoms with Crippen molar-refractivity contribution in [3.8, 4) is 23.0 Å². The molecule has 4 heteroatoms. The van der Waals surface area contributed by atoms with E-state index in [1.54, 1.807) is 0 Å². The lowest BCUT2D eigenvalue weighted by molar-refractivity contribution is 0.262. The van der Waals surface area contributed by atoms with Gasteiger partial charge in [0.2, 0.25) is 0 Å². The zero-order valence-corrected chi connectivity index (χ0v) is 30.4. The number of hydrogen-bond donors (Lipinski definition) is 0. The zero-order valence-electron chi connectivity index (χ0n) is 30.4. The fraction of sp³-hybridized carbons (Fsp3) is 0.500. The first-order valence-corrected chi connectivity index (χ1v) is 19.0. The summed E-state index contributed by atoms with van der Waals surface area (Å²) in [5, 5.41) is 2.39. The van der Waals surface area contributed by atoms with Crippen molar-refractivity contribution in [2.75, 3.05) is 26.4 Å². The molecule has 0 bridgehead atoms. The van der Waals surface area contributed by atoms with Gasteiger partial charge in [0, 0.05) is 0 Å². The molecule has 0 atom stereocenters. The predicted molar refractivity (Wildman–Crippen MR) is 205 cm³/mol. The molecule has 0 saturated heterocycles. The number of allylic oxidation sites excluding steroid dienone is 5. The van der Waals surface area contributed by atoms with Gasteiger partial charge in [0.15, 0.2) is 23.0 Å². The van der Waals surface area contributed by atoms with Crippen LogP contribution in [0.2, 0.25) is 0 Å². The summed E-state index contributed by atoms with van der Waals surface area (Å²) in [6.45, 7) is 18.0. The Balaban J connectivity index is 1.69. The largest absolute Gasteiger partial charge is 0.490 e. The summed E-state index contributed by atoms with van der Waals surface area (Å²) >= 11 is 0. The molecule has 2 aliphatic rings. The lowest BCUT2D eigenvalue weighted by atomic mass is 9.92. The van der Waals surface area contributed by atoms with Crippen LogP contribution in [0.1, 0.15) is 140 Å². The van der Waals surface area contributed by atoms with Crippen LogP contribution in [0.15, 0.2) is 49.1 Å². The van der Waals surface area contributed by atoms with Gasteiger partial charge in [-0.15, -0.1) is 6.58 Å². The third kappa shape index (κ3) is 7.80. The molecule has 0 radical (unpaired) electrons. The van der Waals surface area contributed by atoms with Gasteiger partial charge >= 0.3 is 0 Å². The zero-order chi connectivity index (χ0) is 33.9. The van der Waals surface area contributed by atoms with Crippen molar-refractivity contribution < 1.29 is 18.9 Å². The lowest BCUT2D eigenvalue weighted by Crippen LogP contribution is -2.04. The van der Waals surface area contributed by atoms with Crippen molar-refractivity contribution >= 4 is 33.1 Å². The van der Waals surface area contributed by atoms with Gasteiger partial charge in [-0.25, -0.2) is 0 Å². The van der Waals surface area contributed by atoms with Crippen LogP contribution < -0.4 is 18.9 Å². The molecule has 0 amide bonds.